The van der Waals surface area contributed by atoms with Gasteiger partial charge in [0.2, 0.25) is 12.7 Å². The lowest BCUT2D eigenvalue weighted by Gasteiger charge is -2.40. The van der Waals surface area contributed by atoms with Gasteiger partial charge in [0.05, 0.1) is 31.0 Å². The molecule has 3 aromatic carbocycles. The molecule has 0 saturated carbocycles. The average Bonchev–Trinajstić information content (AvgIpc) is 3.48. The summed E-state index contributed by atoms with van der Waals surface area (Å²) in [6.07, 6.45) is -0.822. The van der Waals surface area contributed by atoms with Gasteiger partial charge in [0.15, 0.2) is 23.0 Å². The van der Waals surface area contributed by atoms with Crippen molar-refractivity contribution in [2.45, 2.75) is 6.17 Å². The van der Waals surface area contributed by atoms with E-state index in [1.54, 1.807) is 54.6 Å². The summed E-state index contributed by atoms with van der Waals surface area (Å²) >= 11 is 0. The number of carbonyl (C=O) groups excluding carboxylic acids is 3. The first-order valence-electron chi connectivity index (χ1n) is 11.2. The van der Waals surface area contributed by atoms with Crippen LogP contribution in [0, 0.1) is 0 Å². The fourth-order valence-corrected chi connectivity index (χ4v) is 4.92. The molecule has 3 aliphatic heterocycles. The minimum Gasteiger partial charge on any atom is -0.493 e. The van der Waals surface area contributed by atoms with Gasteiger partial charge in [0.1, 0.15) is 12.7 Å². The van der Waals surface area contributed by atoms with Crippen LogP contribution in [0.1, 0.15) is 32.4 Å². The smallest absolute Gasteiger partial charge is 0.264 e. The highest BCUT2D eigenvalue weighted by atomic mass is 16.7. The predicted molar refractivity (Wildman–Crippen MR) is 128 cm³/mol. The van der Waals surface area contributed by atoms with Crippen LogP contribution >= 0.6 is 0 Å². The van der Waals surface area contributed by atoms with Crippen LogP contribution in [-0.2, 0) is 4.79 Å². The van der Waals surface area contributed by atoms with E-state index in [1.807, 2.05) is 0 Å². The molecular weight excluding hydrogens is 466 g/mol. The number of hydrogen-bond donors (Lipinski definition) is 1. The molecule has 3 aliphatic rings. The lowest BCUT2D eigenvalue weighted by atomic mass is 10.0. The zero-order chi connectivity index (χ0) is 25.0. The largest absolute Gasteiger partial charge is 0.493 e. The lowest BCUT2D eigenvalue weighted by Crippen LogP contribution is -2.50. The molecule has 0 fully saturated rings. The van der Waals surface area contributed by atoms with E-state index in [2.05, 4.69) is 5.32 Å². The molecule has 10 heteroatoms. The molecule has 6 rings (SSSR count). The third-order valence-electron chi connectivity index (χ3n) is 6.45. The number of fused-ring (bicyclic) bond motifs is 6. The molecule has 0 aromatic heterocycles. The summed E-state index contributed by atoms with van der Waals surface area (Å²) in [6, 6.07) is 15.3. The summed E-state index contributed by atoms with van der Waals surface area (Å²) in [5, 5.41) is 2.80. The number of rotatable bonds is 5. The van der Waals surface area contributed by atoms with Crippen molar-refractivity contribution in [1.82, 2.24) is 4.90 Å². The molecule has 0 radical (unpaired) electrons. The van der Waals surface area contributed by atoms with Crippen molar-refractivity contribution in [2.24, 2.45) is 0 Å². The highest BCUT2D eigenvalue weighted by Gasteiger charge is 2.50. The Kier molecular flexibility index (Phi) is 4.96. The van der Waals surface area contributed by atoms with E-state index in [0.717, 1.165) is 0 Å². The first-order chi connectivity index (χ1) is 17.5. The molecule has 10 nitrogen and oxygen atoms in total. The molecule has 1 atom stereocenters. The van der Waals surface area contributed by atoms with Crippen molar-refractivity contribution in [3.05, 3.63) is 71.3 Å². The number of nitrogens with one attached hydrogen (secondary N) is 1. The van der Waals surface area contributed by atoms with Gasteiger partial charge in [-0.2, -0.15) is 0 Å². The summed E-state index contributed by atoms with van der Waals surface area (Å²) in [6.45, 7) is -0.169. The van der Waals surface area contributed by atoms with Gasteiger partial charge in [-0.1, -0.05) is 18.2 Å². The van der Waals surface area contributed by atoms with E-state index in [-0.39, 0.29) is 30.9 Å². The third-order valence-corrected chi connectivity index (χ3v) is 6.45. The van der Waals surface area contributed by atoms with Crippen molar-refractivity contribution >= 4 is 29.1 Å². The standard InChI is InChI=1S/C26H21N3O7/c1-33-19-10-8-16-22(23(19)34-2)26(32)29-17-6-4-3-5-15(17)25(31)28(24(16)29)12-21(30)27-14-7-9-18-20(11-14)36-13-35-18/h3-11,24H,12-13H2,1-2H3,(H,27,30)/t24-/m0/s1. The Bertz CT molecular complexity index is 1440. The van der Waals surface area contributed by atoms with Gasteiger partial charge < -0.3 is 29.2 Å². The van der Waals surface area contributed by atoms with Crippen molar-refractivity contribution in [2.75, 3.05) is 37.8 Å². The maximum atomic E-state index is 13.7. The van der Waals surface area contributed by atoms with Gasteiger partial charge in [-0.15, -0.1) is 0 Å². The Morgan fingerprint density at radius 3 is 2.61 bits per heavy atom. The van der Waals surface area contributed by atoms with Crippen LogP contribution in [0.3, 0.4) is 0 Å². The van der Waals surface area contributed by atoms with Crippen molar-refractivity contribution in [3.63, 3.8) is 0 Å². The summed E-state index contributed by atoms with van der Waals surface area (Å²) in [7, 11) is 2.95. The number of methoxy groups -OCH3 is 2. The van der Waals surface area contributed by atoms with E-state index in [1.165, 1.54) is 24.0 Å². The number of anilines is 2. The summed E-state index contributed by atoms with van der Waals surface area (Å²) < 4.78 is 21.6. The second-order valence-electron chi connectivity index (χ2n) is 8.38. The highest BCUT2D eigenvalue weighted by molar-refractivity contribution is 6.18. The van der Waals surface area contributed by atoms with Crippen LogP contribution in [0.4, 0.5) is 11.4 Å². The zero-order valence-corrected chi connectivity index (χ0v) is 19.4. The summed E-state index contributed by atoms with van der Waals surface area (Å²) in [5.74, 6) is 0.674. The van der Waals surface area contributed by atoms with Crippen LogP contribution in [0.15, 0.2) is 54.6 Å². The molecule has 1 N–H and O–H groups in total. The fourth-order valence-electron chi connectivity index (χ4n) is 4.92. The first-order valence-corrected chi connectivity index (χ1v) is 11.2. The number of para-hydroxylation sites is 1. The maximum absolute atomic E-state index is 13.7. The number of benzene rings is 3. The molecule has 36 heavy (non-hydrogen) atoms. The van der Waals surface area contributed by atoms with Gasteiger partial charge in [-0.3, -0.25) is 19.3 Å². The third kappa shape index (κ3) is 3.14. The number of amides is 3. The quantitative estimate of drug-likeness (QED) is 0.589. The fraction of sp³-hybridized carbons (Fsp3) is 0.192. The van der Waals surface area contributed by atoms with E-state index in [4.69, 9.17) is 18.9 Å². The first kappa shape index (κ1) is 21.8. The van der Waals surface area contributed by atoms with Crippen LogP contribution < -0.4 is 29.2 Å². The number of ether oxygens (including phenoxy) is 4. The Balaban J connectivity index is 1.39. The number of carbonyl (C=O) groups is 3. The monoisotopic (exact) mass is 487 g/mol. The molecule has 0 unspecified atom stereocenters. The Morgan fingerprint density at radius 1 is 1.00 bits per heavy atom. The van der Waals surface area contributed by atoms with Gasteiger partial charge in [-0.25, -0.2) is 0 Å². The molecule has 3 amide bonds. The van der Waals surface area contributed by atoms with Crippen LogP contribution in [0.25, 0.3) is 0 Å². The summed E-state index contributed by atoms with van der Waals surface area (Å²) in [5.41, 5.74) is 2.16. The minimum atomic E-state index is -0.822. The molecule has 0 bridgehead atoms. The Labute approximate surface area is 205 Å². The van der Waals surface area contributed by atoms with Gasteiger partial charge >= 0.3 is 0 Å². The second-order valence-corrected chi connectivity index (χ2v) is 8.38. The van der Waals surface area contributed by atoms with E-state index in [9.17, 15) is 14.4 Å². The SMILES string of the molecule is COc1ccc2c(c1OC)C(=O)N1c3ccccc3C(=O)N(CC(=O)Nc3ccc4c(c3)OCO4)[C@H]21. The van der Waals surface area contributed by atoms with Crippen molar-refractivity contribution in [3.8, 4) is 23.0 Å². The lowest BCUT2D eigenvalue weighted by molar-refractivity contribution is -0.117. The zero-order valence-electron chi connectivity index (χ0n) is 19.4. The highest BCUT2D eigenvalue weighted by Crippen LogP contribution is 2.49. The summed E-state index contributed by atoms with van der Waals surface area (Å²) in [4.78, 5) is 43.3. The molecule has 0 spiro atoms. The average molecular weight is 487 g/mol. The number of hydrogen-bond acceptors (Lipinski definition) is 7. The predicted octanol–water partition coefficient (Wildman–Crippen LogP) is 3.19. The van der Waals surface area contributed by atoms with Gasteiger partial charge in [0, 0.05) is 17.3 Å². The Hall–Kier alpha value is -4.73. The van der Waals surface area contributed by atoms with Gasteiger partial charge in [-0.05, 0) is 30.3 Å². The normalized spacial score (nSPS) is 16.9. The van der Waals surface area contributed by atoms with Crippen molar-refractivity contribution in [1.29, 1.82) is 0 Å². The van der Waals surface area contributed by atoms with E-state index >= 15 is 0 Å². The maximum Gasteiger partial charge on any atom is 0.264 e. The van der Waals surface area contributed by atoms with Crippen LogP contribution in [0.2, 0.25) is 0 Å². The molecule has 0 saturated heterocycles. The topological polar surface area (TPSA) is 107 Å². The van der Waals surface area contributed by atoms with Crippen molar-refractivity contribution < 1.29 is 33.3 Å². The van der Waals surface area contributed by atoms with E-state index in [0.29, 0.717) is 45.3 Å². The van der Waals surface area contributed by atoms with E-state index < -0.39 is 12.1 Å². The second kappa shape index (κ2) is 8.19. The Morgan fingerprint density at radius 2 is 1.81 bits per heavy atom. The minimum absolute atomic E-state index is 0.119. The van der Waals surface area contributed by atoms with Crippen LogP contribution in [-0.4, -0.2) is 50.2 Å². The molecule has 3 heterocycles. The van der Waals surface area contributed by atoms with Crippen LogP contribution in [0.5, 0.6) is 23.0 Å². The number of nitrogens with zero attached hydrogens (tertiary/aromatic N) is 2. The van der Waals surface area contributed by atoms with Gasteiger partial charge in [0.25, 0.3) is 11.8 Å². The molecule has 0 aliphatic carbocycles. The molecule has 3 aromatic rings. The molecule has 182 valence electrons. The molecular formula is C26H21N3O7.